The second-order valence-electron chi connectivity index (χ2n) is 6.42. The van der Waals surface area contributed by atoms with E-state index in [4.69, 9.17) is 0 Å². The first-order valence-electron chi connectivity index (χ1n) is 8.05. The molecular weight excluding hydrogens is 331 g/mol. The Hall–Kier alpha value is -2.34. The van der Waals surface area contributed by atoms with Gasteiger partial charge in [0, 0.05) is 5.92 Å². The summed E-state index contributed by atoms with van der Waals surface area (Å²) < 4.78 is 39.5. The number of aliphatic hydroxyl groups excluding tert-OH is 1. The van der Waals surface area contributed by atoms with E-state index in [9.17, 15) is 23.1 Å². The molecule has 0 bridgehead atoms. The van der Waals surface area contributed by atoms with Gasteiger partial charge in [-0.25, -0.2) is 13.2 Å². The fourth-order valence-electron chi connectivity index (χ4n) is 2.99. The molecule has 4 unspecified atom stereocenters. The summed E-state index contributed by atoms with van der Waals surface area (Å²) in [5.41, 5.74) is 0.957. The lowest BCUT2D eigenvalue weighted by atomic mass is 10.0. The summed E-state index contributed by atoms with van der Waals surface area (Å²) in [6.07, 6.45) is -0.547. The van der Waals surface area contributed by atoms with Gasteiger partial charge in [-0.2, -0.15) is 0 Å². The van der Waals surface area contributed by atoms with Gasteiger partial charge in [0.15, 0.2) is 11.6 Å². The van der Waals surface area contributed by atoms with E-state index in [-0.39, 0.29) is 29.1 Å². The molecule has 2 aromatic rings. The molecule has 0 radical (unpaired) electrons. The summed E-state index contributed by atoms with van der Waals surface area (Å²) >= 11 is 0. The van der Waals surface area contributed by atoms with Gasteiger partial charge in [-0.15, -0.1) is 0 Å². The standard InChI is InChI=1S/C19H18F3NO2/c1-10(18(24)12-5-6-16(21)17(22)8-12)23-19(25)15-9-14(15)11-3-2-4-13(20)7-11/h2-8,10,14-15,18,24H,9H2,1H3,(H,23,25). The van der Waals surface area contributed by atoms with Gasteiger partial charge in [0.25, 0.3) is 0 Å². The lowest BCUT2D eigenvalue weighted by Crippen LogP contribution is -2.38. The topological polar surface area (TPSA) is 49.3 Å². The van der Waals surface area contributed by atoms with E-state index in [1.165, 1.54) is 18.2 Å². The Morgan fingerprint density at radius 2 is 1.92 bits per heavy atom. The molecule has 1 aliphatic carbocycles. The molecule has 2 aromatic carbocycles. The number of halogens is 3. The highest BCUT2D eigenvalue weighted by Gasteiger charge is 2.44. The van der Waals surface area contributed by atoms with Crippen molar-refractivity contribution in [2.24, 2.45) is 5.92 Å². The highest BCUT2D eigenvalue weighted by molar-refractivity contribution is 5.83. The minimum Gasteiger partial charge on any atom is -0.386 e. The molecule has 0 heterocycles. The zero-order valence-corrected chi connectivity index (χ0v) is 13.5. The maximum atomic E-state index is 13.3. The van der Waals surface area contributed by atoms with Crippen molar-refractivity contribution in [2.75, 3.05) is 0 Å². The molecule has 3 rings (SSSR count). The monoisotopic (exact) mass is 349 g/mol. The Bertz CT molecular complexity index is 796. The van der Waals surface area contributed by atoms with E-state index in [1.54, 1.807) is 19.1 Å². The van der Waals surface area contributed by atoms with Gasteiger partial charge < -0.3 is 10.4 Å². The molecule has 2 N–H and O–H groups in total. The second-order valence-corrected chi connectivity index (χ2v) is 6.42. The summed E-state index contributed by atoms with van der Waals surface area (Å²) in [4.78, 5) is 12.3. The number of aliphatic hydroxyl groups is 1. The van der Waals surface area contributed by atoms with Crippen molar-refractivity contribution in [3.63, 3.8) is 0 Å². The van der Waals surface area contributed by atoms with Crippen LogP contribution in [0.2, 0.25) is 0 Å². The van der Waals surface area contributed by atoms with Crippen LogP contribution in [0.4, 0.5) is 13.2 Å². The molecule has 1 fully saturated rings. The molecular formula is C19H18F3NO2. The molecule has 1 aliphatic rings. The third-order valence-electron chi connectivity index (χ3n) is 4.53. The number of hydrogen-bond donors (Lipinski definition) is 2. The summed E-state index contributed by atoms with van der Waals surface area (Å²) in [6.45, 7) is 1.59. The second kappa shape index (κ2) is 6.88. The maximum Gasteiger partial charge on any atom is 0.224 e. The van der Waals surface area contributed by atoms with Crippen molar-refractivity contribution in [3.8, 4) is 0 Å². The lowest BCUT2D eigenvalue weighted by molar-refractivity contribution is -0.123. The Balaban J connectivity index is 1.60. The molecule has 0 spiro atoms. The Kier molecular flexibility index (Phi) is 4.81. The number of nitrogens with one attached hydrogen (secondary N) is 1. The van der Waals surface area contributed by atoms with Crippen molar-refractivity contribution < 1.29 is 23.1 Å². The molecule has 1 amide bonds. The van der Waals surface area contributed by atoms with Crippen molar-refractivity contribution >= 4 is 5.91 Å². The third kappa shape index (κ3) is 3.85. The molecule has 4 atom stereocenters. The van der Waals surface area contributed by atoms with E-state index >= 15 is 0 Å². The van der Waals surface area contributed by atoms with Gasteiger partial charge in [0.2, 0.25) is 5.91 Å². The van der Waals surface area contributed by atoms with Crippen LogP contribution in [0.5, 0.6) is 0 Å². The van der Waals surface area contributed by atoms with Crippen LogP contribution in [-0.4, -0.2) is 17.1 Å². The number of hydrogen-bond acceptors (Lipinski definition) is 2. The van der Waals surface area contributed by atoms with Gasteiger partial charge in [-0.05, 0) is 54.7 Å². The average molecular weight is 349 g/mol. The predicted molar refractivity (Wildman–Crippen MR) is 86.2 cm³/mol. The zero-order valence-electron chi connectivity index (χ0n) is 13.5. The lowest BCUT2D eigenvalue weighted by Gasteiger charge is -2.21. The minimum absolute atomic E-state index is 0.0386. The van der Waals surface area contributed by atoms with Crippen LogP contribution in [-0.2, 0) is 4.79 Å². The summed E-state index contributed by atoms with van der Waals surface area (Å²) in [6, 6.07) is 8.59. The van der Waals surface area contributed by atoms with Crippen LogP contribution in [0.15, 0.2) is 42.5 Å². The summed E-state index contributed by atoms with van der Waals surface area (Å²) in [5.74, 6) is -2.95. The SMILES string of the molecule is CC(NC(=O)C1CC1c1cccc(F)c1)C(O)c1ccc(F)c(F)c1. The van der Waals surface area contributed by atoms with Crippen LogP contribution in [0.25, 0.3) is 0 Å². The van der Waals surface area contributed by atoms with Crippen molar-refractivity contribution in [2.45, 2.75) is 31.4 Å². The number of rotatable bonds is 5. The van der Waals surface area contributed by atoms with E-state index in [2.05, 4.69) is 5.32 Å². The Labute approximate surface area is 143 Å². The molecule has 0 aromatic heterocycles. The largest absolute Gasteiger partial charge is 0.386 e. The van der Waals surface area contributed by atoms with E-state index in [1.807, 2.05) is 0 Å². The minimum atomic E-state index is -1.16. The molecule has 0 saturated heterocycles. The van der Waals surface area contributed by atoms with E-state index in [0.717, 1.165) is 17.7 Å². The average Bonchev–Trinajstić information content (AvgIpc) is 3.37. The van der Waals surface area contributed by atoms with E-state index in [0.29, 0.717) is 6.42 Å². The number of carbonyl (C=O) groups is 1. The Morgan fingerprint density at radius 3 is 2.60 bits per heavy atom. The zero-order chi connectivity index (χ0) is 18.1. The molecule has 6 heteroatoms. The normalized spacial score (nSPS) is 21.5. The fraction of sp³-hybridized carbons (Fsp3) is 0.316. The summed E-state index contributed by atoms with van der Waals surface area (Å²) in [7, 11) is 0. The van der Waals surface area contributed by atoms with Crippen LogP contribution < -0.4 is 5.32 Å². The Morgan fingerprint density at radius 1 is 1.16 bits per heavy atom. The van der Waals surface area contributed by atoms with Gasteiger partial charge in [0.1, 0.15) is 5.82 Å². The highest BCUT2D eigenvalue weighted by Crippen LogP contribution is 2.47. The van der Waals surface area contributed by atoms with Crippen LogP contribution >= 0.6 is 0 Å². The molecule has 25 heavy (non-hydrogen) atoms. The van der Waals surface area contributed by atoms with E-state index < -0.39 is 23.8 Å². The van der Waals surface area contributed by atoms with Gasteiger partial charge in [-0.1, -0.05) is 18.2 Å². The molecule has 0 aliphatic heterocycles. The number of benzene rings is 2. The quantitative estimate of drug-likeness (QED) is 0.869. The molecule has 132 valence electrons. The van der Waals surface area contributed by atoms with Crippen LogP contribution in [0.1, 0.15) is 36.5 Å². The van der Waals surface area contributed by atoms with Gasteiger partial charge in [-0.3, -0.25) is 4.79 Å². The fourth-order valence-corrected chi connectivity index (χ4v) is 2.99. The first kappa shape index (κ1) is 17.5. The van der Waals surface area contributed by atoms with Crippen molar-refractivity contribution in [3.05, 3.63) is 71.0 Å². The van der Waals surface area contributed by atoms with Gasteiger partial charge in [0.05, 0.1) is 12.1 Å². The van der Waals surface area contributed by atoms with Gasteiger partial charge >= 0.3 is 0 Å². The van der Waals surface area contributed by atoms with Crippen molar-refractivity contribution in [1.29, 1.82) is 0 Å². The third-order valence-corrected chi connectivity index (χ3v) is 4.53. The maximum absolute atomic E-state index is 13.3. The summed E-state index contributed by atoms with van der Waals surface area (Å²) in [5, 5.41) is 12.9. The number of amides is 1. The smallest absolute Gasteiger partial charge is 0.224 e. The highest BCUT2D eigenvalue weighted by atomic mass is 19.2. The first-order chi connectivity index (χ1) is 11.9. The predicted octanol–water partition coefficient (Wildman–Crippen LogP) is 3.45. The first-order valence-corrected chi connectivity index (χ1v) is 8.05. The molecule has 1 saturated carbocycles. The van der Waals surface area contributed by atoms with Crippen molar-refractivity contribution in [1.82, 2.24) is 5.32 Å². The number of carbonyl (C=O) groups excluding carboxylic acids is 1. The van der Waals surface area contributed by atoms with Crippen LogP contribution in [0, 0.1) is 23.4 Å². The molecule has 3 nitrogen and oxygen atoms in total. The van der Waals surface area contributed by atoms with Crippen LogP contribution in [0.3, 0.4) is 0 Å².